The molecule has 0 aliphatic heterocycles. The summed E-state index contributed by atoms with van der Waals surface area (Å²) in [5, 5.41) is 3.40. The van der Waals surface area contributed by atoms with Crippen molar-refractivity contribution in [1.29, 1.82) is 0 Å². The van der Waals surface area contributed by atoms with Crippen molar-refractivity contribution in [1.82, 2.24) is 5.32 Å². The molecule has 0 bridgehead atoms. The van der Waals surface area contributed by atoms with E-state index in [0.29, 0.717) is 18.3 Å². The number of Topliss-reactive ketones (excluding diaryl/α,β-unsaturated/α-hetero) is 1. The Balaban J connectivity index is 2.49. The van der Waals surface area contributed by atoms with Gasteiger partial charge in [-0.05, 0) is 23.9 Å². The normalized spacial score (nSPS) is 11.2. The van der Waals surface area contributed by atoms with Gasteiger partial charge in [0.05, 0.1) is 0 Å². The second-order valence-electron chi connectivity index (χ2n) is 5.74. The summed E-state index contributed by atoms with van der Waals surface area (Å²) < 4.78 is 0. The van der Waals surface area contributed by atoms with Gasteiger partial charge >= 0.3 is 0 Å². The molecule has 1 rings (SSSR count). The minimum absolute atomic E-state index is 0.242. The smallest absolute Gasteiger partial charge is 0.163 e. The Morgan fingerprint density at radius 1 is 1.06 bits per heavy atom. The van der Waals surface area contributed by atoms with Gasteiger partial charge < -0.3 is 5.32 Å². The number of hydrogen-bond donors (Lipinski definition) is 1. The zero-order valence-electron chi connectivity index (χ0n) is 12.0. The van der Waals surface area contributed by atoms with Gasteiger partial charge in [0.2, 0.25) is 0 Å². The Labute approximate surface area is 111 Å². The average molecular weight is 247 g/mol. The molecule has 0 heterocycles. The maximum absolute atomic E-state index is 11.9. The molecule has 1 N–H and O–H groups in total. The molecule has 0 spiro atoms. The molecule has 1 aromatic carbocycles. The highest BCUT2D eigenvalue weighted by atomic mass is 16.1. The Bertz CT molecular complexity index is 365. The maximum atomic E-state index is 11.9. The quantitative estimate of drug-likeness (QED) is 0.745. The van der Waals surface area contributed by atoms with Crippen LogP contribution in [-0.4, -0.2) is 12.3 Å². The van der Waals surface area contributed by atoms with Crippen molar-refractivity contribution in [3.63, 3.8) is 0 Å². The molecular formula is C16H25NO. The Morgan fingerprint density at radius 3 is 2.17 bits per heavy atom. The first kappa shape index (κ1) is 14.9. The summed E-state index contributed by atoms with van der Waals surface area (Å²) in [5.41, 5.74) is 2.06. The fraction of sp³-hybridized carbons (Fsp3) is 0.562. The predicted molar refractivity (Wildman–Crippen MR) is 76.8 cm³/mol. The first-order valence-corrected chi connectivity index (χ1v) is 6.82. The van der Waals surface area contributed by atoms with E-state index in [1.54, 1.807) is 0 Å². The number of hydrogen-bond acceptors (Lipinski definition) is 2. The molecule has 0 saturated carbocycles. The van der Waals surface area contributed by atoms with Crippen molar-refractivity contribution in [2.45, 2.75) is 40.7 Å². The number of rotatable bonds is 7. The van der Waals surface area contributed by atoms with Crippen LogP contribution in [0.25, 0.3) is 0 Å². The average Bonchev–Trinajstić information content (AvgIpc) is 2.28. The van der Waals surface area contributed by atoms with Crippen LogP contribution in [0.3, 0.4) is 0 Å². The number of nitrogens with one attached hydrogen (secondary N) is 1. The third-order valence-corrected chi connectivity index (χ3v) is 2.75. The van der Waals surface area contributed by atoms with Crippen LogP contribution in [0.2, 0.25) is 0 Å². The Kier molecular flexibility index (Phi) is 6.06. The van der Waals surface area contributed by atoms with Crippen molar-refractivity contribution in [2.75, 3.05) is 6.54 Å². The first-order valence-electron chi connectivity index (χ1n) is 6.82. The third kappa shape index (κ3) is 5.46. The molecule has 0 unspecified atom stereocenters. The Morgan fingerprint density at radius 2 is 1.67 bits per heavy atom. The molecular weight excluding hydrogens is 222 g/mol. The lowest BCUT2D eigenvalue weighted by atomic mass is 10.0. The second kappa shape index (κ2) is 7.32. The summed E-state index contributed by atoms with van der Waals surface area (Å²) in [6.07, 6.45) is 0.630. The standard InChI is InChI=1S/C16H25NO/c1-12(2)9-16(18)15-7-5-14(6-8-15)11-17-10-13(3)4/h5-8,12-13,17H,9-11H2,1-4H3. The maximum Gasteiger partial charge on any atom is 0.163 e. The van der Waals surface area contributed by atoms with Crippen LogP contribution >= 0.6 is 0 Å². The topological polar surface area (TPSA) is 29.1 Å². The molecule has 0 aliphatic carbocycles. The van der Waals surface area contributed by atoms with E-state index in [9.17, 15) is 4.79 Å². The fourth-order valence-electron chi connectivity index (χ4n) is 1.80. The summed E-state index contributed by atoms with van der Waals surface area (Å²) in [4.78, 5) is 11.9. The van der Waals surface area contributed by atoms with Gasteiger partial charge in [-0.15, -0.1) is 0 Å². The van der Waals surface area contributed by atoms with E-state index < -0.39 is 0 Å². The van der Waals surface area contributed by atoms with Gasteiger partial charge in [0.1, 0.15) is 0 Å². The second-order valence-corrected chi connectivity index (χ2v) is 5.74. The van der Waals surface area contributed by atoms with E-state index in [-0.39, 0.29) is 5.78 Å². The molecule has 100 valence electrons. The van der Waals surface area contributed by atoms with E-state index in [4.69, 9.17) is 0 Å². The van der Waals surface area contributed by atoms with Crippen LogP contribution in [-0.2, 0) is 6.54 Å². The summed E-state index contributed by atoms with van der Waals surface area (Å²) in [6.45, 7) is 10.4. The summed E-state index contributed by atoms with van der Waals surface area (Å²) in [6, 6.07) is 7.97. The van der Waals surface area contributed by atoms with Crippen LogP contribution in [0.5, 0.6) is 0 Å². The largest absolute Gasteiger partial charge is 0.312 e. The van der Waals surface area contributed by atoms with Crippen molar-refractivity contribution in [3.8, 4) is 0 Å². The minimum atomic E-state index is 0.242. The zero-order chi connectivity index (χ0) is 13.5. The molecule has 0 fully saturated rings. The van der Waals surface area contributed by atoms with Crippen LogP contribution in [0, 0.1) is 11.8 Å². The van der Waals surface area contributed by atoms with Crippen LogP contribution in [0.15, 0.2) is 24.3 Å². The molecule has 0 saturated heterocycles. The Hall–Kier alpha value is -1.15. The van der Waals surface area contributed by atoms with Crippen LogP contribution < -0.4 is 5.32 Å². The lowest BCUT2D eigenvalue weighted by molar-refractivity contribution is 0.0968. The lowest BCUT2D eigenvalue weighted by Gasteiger charge is -2.08. The van der Waals surface area contributed by atoms with Gasteiger partial charge in [0.15, 0.2) is 5.78 Å². The molecule has 0 radical (unpaired) electrons. The number of carbonyl (C=O) groups excluding carboxylic acids is 1. The lowest BCUT2D eigenvalue weighted by Crippen LogP contribution is -2.18. The highest BCUT2D eigenvalue weighted by Crippen LogP contribution is 2.10. The molecule has 2 nitrogen and oxygen atoms in total. The summed E-state index contributed by atoms with van der Waals surface area (Å²) in [5.74, 6) is 1.33. The molecule has 0 aromatic heterocycles. The molecule has 2 heteroatoms. The number of ketones is 1. The molecule has 1 aromatic rings. The summed E-state index contributed by atoms with van der Waals surface area (Å²) in [7, 11) is 0. The van der Waals surface area contributed by atoms with Crippen molar-refractivity contribution in [3.05, 3.63) is 35.4 Å². The molecule has 18 heavy (non-hydrogen) atoms. The van der Waals surface area contributed by atoms with Gasteiger partial charge in [0.25, 0.3) is 0 Å². The van der Waals surface area contributed by atoms with Crippen molar-refractivity contribution < 1.29 is 4.79 Å². The van der Waals surface area contributed by atoms with Gasteiger partial charge in [0, 0.05) is 18.5 Å². The third-order valence-electron chi connectivity index (χ3n) is 2.75. The van der Waals surface area contributed by atoms with E-state index >= 15 is 0 Å². The van der Waals surface area contributed by atoms with E-state index in [0.717, 1.165) is 18.7 Å². The van der Waals surface area contributed by atoms with E-state index in [1.165, 1.54) is 5.56 Å². The molecule has 0 atom stereocenters. The minimum Gasteiger partial charge on any atom is -0.312 e. The highest BCUT2D eigenvalue weighted by Gasteiger charge is 2.07. The predicted octanol–water partition coefficient (Wildman–Crippen LogP) is 3.66. The van der Waals surface area contributed by atoms with Gasteiger partial charge in [-0.1, -0.05) is 52.0 Å². The first-order chi connectivity index (χ1) is 8.49. The van der Waals surface area contributed by atoms with Crippen molar-refractivity contribution >= 4 is 5.78 Å². The number of benzene rings is 1. The van der Waals surface area contributed by atoms with Gasteiger partial charge in [-0.3, -0.25) is 4.79 Å². The van der Waals surface area contributed by atoms with Gasteiger partial charge in [-0.2, -0.15) is 0 Å². The molecule has 0 aliphatic rings. The highest BCUT2D eigenvalue weighted by molar-refractivity contribution is 5.96. The van der Waals surface area contributed by atoms with Crippen LogP contribution in [0.4, 0.5) is 0 Å². The van der Waals surface area contributed by atoms with Crippen molar-refractivity contribution in [2.24, 2.45) is 11.8 Å². The van der Waals surface area contributed by atoms with Gasteiger partial charge in [-0.25, -0.2) is 0 Å². The molecule has 0 amide bonds. The SMILES string of the molecule is CC(C)CNCc1ccc(C(=O)CC(C)C)cc1. The monoisotopic (exact) mass is 247 g/mol. The zero-order valence-corrected chi connectivity index (χ0v) is 12.0. The van der Waals surface area contributed by atoms with E-state index in [2.05, 4.69) is 33.0 Å². The fourth-order valence-corrected chi connectivity index (χ4v) is 1.80. The summed E-state index contributed by atoms with van der Waals surface area (Å²) >= 11 is 0. The number of carbonyl (C=O) groups is 1. The van der Waals surface area contributed by atoms with Crippen LogP contribution in [0.1, 0.15) is 50.0 Å². The van der Waals surface area contributed by atoms with E-state index in [1.807, 2.05) is 24.3 Å².